The van der Waals surface area contributed by atoms with E-state index in [1.165, 1.54) is 11.1 Å². The molecule has 1 unspecified atom stereocenters. The van der Waals surface area contributed by atoms with Crippen LogP contribution < -0.4 is 10.1 Å². The second-order valence-electron chi connectivity index (χ2n) is 5.50. The Morgan fingerprint density at radius 3 is 2.84 bits per heavy atom. The van der Waals surface area contributed by atoms with Crippen molar-refractivity contribution in [2.24, 2.45) is 0 Å². The Kier molecular flexibility index (Phi) is 4.54. The minimum atomic E-state index is -0.220. The van der Waals surface area contributed by atoms with E-state index in [4.69, 9.17) is 9.47 Å². The summed E-state index contributed by atoms with van der Waals surface area (Å²) in [7, 11) is 3.73. The fraction of sp³-hybridized carbons (Fsp3) is 0.600. The van der Waals surface area contributed by atoms with Crippen molar-refractivity contribution in [3.8, 4) is 5.75 Å². The molecule has 1 heterocycles. The minimum Gasteiger partial charge on any atom is -0.493 e. The highest BCUT2D eigenvalue weighted by Gasteiger charge is 2.30. The Hall–Kier alpha value is -0.580. The van der Waals surface area contributed by atoms with Crippen molar-refractivity contribution in [2.75, 3.05) is 20.8 Å². The number of halogens is 1. The second-order valence-corrected chi connectivity index (χ2v) is 6.42. The zero-order chi connectivity index (χ0) is 14.0. The molecule has 19 heavy (non-hydrogen) atoms. The van der Waals surface area contributed by atoms with Crippen LogP contribution in [0.3, 0.4) is 0 Å². The molecule has 1 aromatic carbocycles. The Balaban J connectivity index is 2.28. The highest BCUT2D eigenvalue weighted by atomic mass is 79.9. The number of hydrogen-bond acceptors (Lipinski definition) is 3. The lowest BCUT2D eigenvalue weighted by atomic mass is 9.91. The molecule has 1 atom stereocenters. The van der Waals surface area contributed by atoms with Gasteiger partial charge in [0, 0.05) is 24.0 Å². The second kappa shape index (κ2) is 5.81. The van der Waals surface area contributed by atoms with Gasteiger partial charge >= 0.3 is 0 Å². The number of ether oxygens (including phenoxy) is 2. The van der Waals surface area contributed by atoms with Crippen molar-refractivity contribution in [3.63, 3.8) is 0 Å². The molecule has 0 saturated carbocycles. The summed E-state index contributed by atoms with van der Waals surface area (Å²) in [5.41, 5.74) is 2.32. The van der Waals surface area contributed by atoms with Gasteiger partial charge in [-0.15, -0.1) is 0 Å². The average molecular weight is 328 g/mol. The maximum atomic E-state index is 5.79. The lowest BCUT2D eigenvalue weighted by Crippen LogP contribution is -2.48. The molecule has 3 nitrogen and oxygen atoms in total. The molecule has 2 rings (SSSR count). The first-order valence-electron chi connectivity index (χ1n) is 6.64. The minimum absolute atomic E-state index is 0.220. The molecule has 0 aliphatic carbocycles. The van der Waals surface area contributed by atoms with Gasteiger partial charge in [-0.25, -0.2) is 0 Å². The summed E-state index contributed by atoms with van der Waals surface area (Å²) in [6.45, 7) is 5.00. The summed E-state index contributed by atoms with van der Waals surface area (Å²) < 4.78 is 12.5. The monoisotopic (exact) mass is 327 g/mol. The highest BCUT2D eigenvalue weighted by molar-refractivity contribution is 9.10. The molecule has 0 spiro atoms. The first-order valence-corrected chi connectivity index (χ1v) is 7.43. The van der Waals surface area contributed by atoms with Crippen LogP contribution in [-0.4, -0.2) is 32.4 Å². The van der Waals surface area contributed by atoms with Crippen LogP contribution in [0.5, 0.6) is 5.75 Å². The number of rotatable bonds is 5. The molecule has 1 aliphatic rings. The van der Waals surface area contributed by atoms with Crippen molar-refractivity contribution in [1.82, 2.24) is 5.32 Å². The quantitative estimate of drug-likeness (QED) is 0.901. The Morgan fingerprint density at radius 1 is 1.47 bits per heavy atom. The number of hydrogen-bond donors (Lipinski definition) is 1. The largest absolute Gasteiger partial charge is 0.493 e. The molecule has 0 radical (unpaired) electrons. The van der Waals surface area contributed by atoms with Crippen molar-refractivity contribution < 1.29 is 9.47 Å². The van der Waals surface area contributed by atoms with Crippen molar-refractivity contribution >= 4 is 15.9 Å². The van der Waals surface area contributed by atoms with Gasteiger partial charge in [-0.2, -0.15) is 0 Å². The zero-order valence-electron chi connectivity index (χ0n) is 12.0. The van der Waals surface area contributed by atoms with Crippen LogP contribution >= 0.6 is 15.9 Å². The van der Waals surface area contributed by atoms with Crippen LogP contribution in [0, 0.1) is 0 Å². The third-order valence-electron chi connectivity index (χ3n) is 3.96. The van der Waals surface area contributed by atoms with Crippen molar-refractivity contribution in [2.45, 2.75) is 38.3 Å². The van der Waals surface area contributed by atoms with E-state index >= 15 is 0 Å². The Morgan fingerprint density at radius 2 is 2.21 bits per heavy atom. The van der Waals surface area contributed by atoms with E-state index in [1.807, 2.05) is 7.05 Å². The van der Waals surface area contributed by atoms with Gasteiger partial charge in [0.05, 0.1) is 12.2 Å². The highest BCUT2D eigenvalue weighted by Crippen LogP contribution is 2.34. The maximum absolute atomic E-state index is 5.79. The fourth-order valence-corrected chi connectivity index (χ4v) is 3.11. The van der Waals surface area contributed by atoms with Gasteiger partial charge in [0.2, 0.25) is 0 Å². The molecule has 0 bridgehead atoms. The molecule has 0 fully saturated rings. The Labute approximate surface area is 123 Å². The van der Waals surface area contributed by atoms with Crippen molar-refractivity contribution in [1.29, 1.82) is 0 Å². The normalized spacial score (nSPS) is 16.1. The summed E-state index contributed by atoms with van der Waals surface area (Å²) in [6, 6.07) is 4.54. The summed E-state index contributed by atoms with van der Waals surface area (Å²) in [5, 5.41) is 3.36. The number of likely N-dealkylation sites (N-methyl/N-ethyl adjacent to an activating group) is 1. The van der Waals surface area contributed by atoms with E-state index in [9.17, 15) is 0 Å². The van der Waals surface area contributed by atoms with Gasteiger partial charge in [0.1, 0.15) is 5.75 Å². The van der Waals surface area contributed by atoms with Crippen LogP contribution in [0.25, 0.3) is 0 Å². The summed E-state index contributed by atoms with van der Waals surface area (Å²) in [4.78, 5) is 0. The maximum Gasteiger partial charge on any atom is 0.125 e. The first-order chi connectivity index (χ1) is 8.97. The standard InChI is InChI=1S/C15H22BrNO2/c1-15(2,18-4)13(17-3)9-11-8-12(16)7-10-5-6-19-14(10)11/h7-8,13,17H,5-6,9H2,1-4H3. The van der Waals surface area contributed by atoms with E-state index in [2.05, 4.69) is 47.2 Å². The van der Waals surface area contributed by atoms with E-state index in [0.29, 0.717) is 0 Å². The number of benzene rings is 1. The lowest BCUT2D eigenvalue weighted by molar-refractivity contribution is -0.00808. The Bertz CT molecular complexity index is 460. The van der Waals surface area contributed by atoms with E-state index in [1.54, 1.807) is 7.11 Å². The van der Waals surface area contributed by atoms with Crippen LogP contribution in [0.15, 0.2) is 16.6 Å². The molecule has 1 aliphatic heterocycles. The van der Waals surface area contributed by atoms with Gasteiger partial charge in [0.25, 0.3) is 0 Å². The number of methoxy groups -OCH3 is 1. The van der Waals surface area contributed by atoms with Gasteiger partial charge in [-0.3, -0.25) is 0 Å². The molecular weight excluding hydrogens is 306 g/mol. The van der Waals surface area contributed by atoms with Crippen LogP contribution in [0.4, 0.5) is 0 Å². The molecule has 1 N–H and O–H groups in total. The smallest absolute Gasteiger partial charge is 0.125 e. The predicted octanol–water partition coefficient (Wildman–Crippen LogP) is 2.94. The predicted molar refractivity (Wildman–Crippen MR) is 81.0 cm³/mol. The lowest BCUT2D eigenvalue weighted by Gasteiger charge is -2.33. The zero-order valence-corrected chi connectivity index (χ0v) is 13.6. The molecule has 1 aromatic rings. The third kappa shape index (κ3) is 3.12. The topological polar surface area (TPSA) is 30.5 Å². The summed E-state index contributed by atoms with van der Waals surface area (Å²) >= 11 is 3.59. The number of fused-ring (bicyclic) bond motifs is 1. The van der Waals surface area contributed by atoms with Crippen LogP contribution in [0.2, 0.25) is 0 Å². The molecular formula is C15H22BrNO2. The van der Waals surface area contributed by atoms with Gasteiger partial charge in [-0.1, -0.05) is 15.9 Å². The summed E-state index contributed by atoms with van der Waals surface area (Å²) in [6.07, 6.45) is 1.89. The SMILES string of the molecule is CNC(Cc1cc(Br)cc2c1OCC2)C(C)(C)OC. The van der Waals surface area contributed by atoms with Gasteiger partial charge < -0.3 is 14.8 Å². The molecule has 0 saturated heterocycles. The third-order valence-corrected chi connectivity index (χ3v) is 4.42. The van der Waals surface area contributed by atoms with Crippen LogP contribution in [-0.2, 0) is 17.6 Å². The van der Waals surface area contributed by atoms with E-state index in [-0.39, 0.29) is 11.6 Å². The molecule has 0 amide bonds. The van der Waals surface area contributed by atoms with E-state index in [0.717, 1.165) is 29.7 Å². The molecule has 4 heteroatoms. The van der Waals surface area contributed by atoms with Gasteiger partial charge in [-0.05, 0) is 50.6 Å². The van der Waals surface area contributed by atoms with Gasteiger partial charge in [0.15, 0.2) is 0 Å². The van der Waals surface area contributed by atoms with Crippen molar-refractivity contribution in [3.05, 3.63) is 27.7 Å². The van der Waals surface area contributed by atoms with Crippen LogP contribution in [0.1, 0.15) is 25.0 Å². The average Bonchev–Trinajstić information content (AvgIpc) is 2.83. The number of nitrogens with one attached hydrogen (secondary N) is 1. The summed E-state index contributed by atoms with van der Waals surface area (Å²) in [5.74, 6) is 1.07. The molecule has 106 valence electrons. The molecule has 0 aromatic heterocycles. The first kappa shape index (κ1) is 14.8. The van der Waals surface area contributed by atoms with E-state index < -0.39 is 0 Å². The fourth-order valence-electron chi connectivity index (χ4n) is 2.56.